The van der Waals surface area contributed by atoms with E-state index in [1.54, 1.807) is 43.1 Å². The third-order valence-electron chi connectivity index (χ3n) is 7.89. The van der Waals surface area contributed by atoms with Gasteiger partial charge in [0.2, 0.25) is 0 Å². The van der Waals surface area contributed by atoms with Gasteiger partial charge in [0.1, 0.15) is 5.75 Å². The summed E-state index contributed by atoms with van der Waals surface area (Å²) in [6.45, 7) is 3.91. The van der Waals surface area contributed by atoms with Crippen molar-refractivity contribution in [1.82, 2.24) is 10.0 Å². The monoisotopic (exact) mass is 513 g/mol. The van der Waals surface area contributed by atoms with Crippen LogP contribution in [-0.4, -0.2) is 63.1 Å². The molecule has 9 heteroatoms. The fraction of sp³-hybridized carbons (Fsp3) is 0.310. The van der Waals surface area contributed by atoms with E-state index in [4.69, 9.17) is 0 Å². The maximum absolute atomic E-state index is 13.8. The number of hydrogen-bond acceptors (Lipinski definition) is 7. The van der Waals surface area contributed by atoms with Gasteiger partial charge < -0.3 is 10.2 Å². The fourth-order valence-corrected chi connectivity index (χ4v) is 6.28. The van der Waals surface area contributed by atoms with Crippen molar-refractivity contribution in [2.24, 2.45) is 0 Å². The molecule has 6 rings (SSSR count). The Labute approximate surface area is 218 Å². The third kappa shape index (κ3) is 3.32. The van der Waals surface area contributed by atoms with E-state index >= 15 is 0 Å². The zero-order valence-corrected chi connectivity index (χ0v) is 21.2. The second-order valence-corrected chi connectivity index (χ2v) is 10.2. The van der Waals surface area contributed by atoms with Crippen LogP contribution in [-0.2, 0) is 0 Å². The molecule has 38 heavy (non-hydrogen) atoms. The van der Waals surface area contributed by atoms with E-state index in [2.05, 4.69) is 0 Å². The number of imide groups is 2. The molecule has 194 valence electrons. The predicted molar refractivity (Wildman–Crippen MR) is 139 cm³/mol. The van der Waals surface area contributed by atoms with Crippen LogP contribution in [0.15, 0.2) is 36.4 Å². The molecule has 0 aromatic heterocycles. The van der Waals surface area contributed by atoms with Crippen molar-refractivity contribution in [3.05, 3.63) is 69.8 Å². The first-order valence-electron chi connectivity index (χ1n) is 12.8. The molecule has 2 N–H and O–H groups in total. The normalized spacial score (nSPS) is 19.6. The van der Waals surface area contributed by atoms with Gasteiger partial charge in [-0.3, -0.25) is 19.2 Å². The van der Waals surface area contributed by atoms with Crippen LogP contribution in [0.5, 0.6) is 5.75 Å². The number of aryl methyl sites for hydroxylation is 2. The molecule has 0 saturated carbocycles. The first-order valence-corrected chi connectivity index (χ1v) is 12.8. The lowest BCUT2D eigenvalue weighted by atomic mass is 9.85. The molecule has 0 radical (unpaired) electrons. The average Bonchev–Trinajstić information content (AvgIpc) is 2.88. The Morgan fingerprint density at radius 3 is 1.79 bits per heavy atom. The van der Waals surface area contributed by atoms with Crippen molar-refractivity contribution in [3.63, 3.8) is 0 Å². The van der Waals surface area contributed by atoms with Crippen molar-refractivity contribution in [3.8, 4) is 5.75 Å². The van der Waals surface area contributed by atoms with Gasteiger partial charge in [-0.25, -0.2) is 14.9 Å². The van der Waals surface area contributed by atoms with Crippen LogP contribution < -0.4 is 4.90 Å². The number of phenols is 1. The average molecular weight is 514 g/mol. The number of hydrogen-bond donors (Lipinski definition) is 2. The fourth-order valence-electron chi connectivity index (χ4n) is 6.28. The number of benzene rings is 3. The largest absolute Gasteiger partial charge is 0.508 e. The molecule has 1 unspecified atom stereocenters. The van der Waals surface area contributed by atoms with E-state index in [1.165, 1.54) is 17.1 Å². The Balaban J connectivity index is 1.50. The Morgan fingerprint density at radius 1 is 0.789 bits per heavy atom. The highest BCUT2D eigenvalue weighted by molar-refractivity contribution is 6.39. The zero-order chi connectivity index (χ0) is 26.9. The van der Waals surface area contributed by atoms with E-state index in [9.17, 15) is 29.4 Å². The third-order valence-corrected chi connectivity index (χ3v) is 7.89. The quantitative estimate of drug-likeness (QED) is 0.511. The highest BCUT2D eigenvalue weighted by Gasteiger charge is 2.43. The second kappa shape index (κ2) is 8.75. The number of hydrazine groups is 1. The van der Waals surface area contributed by atoms with Gasteiger partial charge in [-0.2, -0.15) is 0 Å². The first kappa shape index (κ1) is 24.3. The molecule has 3 aliphatic heterocycles. The van der Waals surface area contributed by atoms with Crippen molar-refractivity contribution in [2.75, 3.05) is 18.1 Å². The van der Waals surface area contributed by atoms with Crippen LogP contribution >= 0.6 is 0 Å². The minimum absolute atomic E-state index is 0.0381. The van der Waals surface area contributed by atoms with Gasteiger partial charge in [-0.1, -0.05) is 6.42 Å². The maximum atomic E-state index is 13.8. The van der Waals surface area contributed by atoms with Crippen LogP contribution in [0.1, 0.15) is 78.2 Å². The van der Waals surface area contributed by atoms with Crippen LogP contribution in [0.2, 0.25) is 0 Å². The number of aromatic hydroxyl groups is 1. The lowest BCUT2D eigenvalue weighted by Crippen LogP contribution is -2.57. The maximum Gasteiger partial charge on any atom is 0.276 e. The number of amides is 4. The molecule has 1 saturated heterocycles. The summed E-state index contributed by atoms with van der Waals surface area (Å²) in [7, 11) is 0. The smallest absolute Gasteiger partial charge is 0.276 e. The Kier molecular flexibility index (Phi) is 5.59. The van der Waals surface area contributed by atoms with E-state index < -0.39 is 23.6 Å². The number of carbonyl (C=O) groups excluding carboxylic acids is 4. The number of aliphatic hydroxyl groups excluding tert-OH is 1. The van der Waals surface area contributed by atoms with Crippen LogP contribution in [0.4, 0.5) is 5.69 Å². The lowest BCUT2D eigenvalue weighted by molar-refractivity contribution is -0.0438. The van der Waals surface area contributed by atoms with Crippen LogP contribution in [0.25, 0.3) is 10.8 Å². The molecule has 0 spiro atoms. The Morgan fingerprint density at radius 2 is 1.29 bits per heavy atom. The van der Waals surface area contributed by atoms with Gasteiger partial charge in [0.25, 0.3) is 23.6 Å². The highest BCUT2D eigenvalue weighted by Crippen LogP contribution is 2.41. The SMILES string of the molecule is Cc1cc(O)cc(C)c1N1C(=O)c2ccc3c4c(ccc(c24)C1=O)C(=O)N(N1CCCCC1CCO)C3=O. The first-order chi connectivity index (χ1) is 18.2. The molecule has 3 aromatic rings. The number of aliphatic hydroxyl groups is 1. The second-order valence-electron chi connectivity index (χ2n) is 10.2. The van der Waals surface area contributed by atoms with Crippen molar-refractivity contribution in [1.29, 1.82) is 0 Å². The summed E-state index contributed by atoms with van der Waals surface area (Å²) >= 11 is 0. The summed E-state index contributed by atoms with van der Waals surface area (Å²) in [5, 5.41) is 23.1. The van der Waals surface area contributed by atoms with Crippen molar-refractivity contribution >= 4 is 40.1 Å². The lowest BCUT2D eigenvalue weighted by Gasteiger charge is -2.43. The van der Waals surface area contributed by atoms with Gasteiger partial charge >= 0.3 is 0 Å². The van der Waals surface area contributed by atoms with Gasteiger partial charge in [-0.15, -0.1) is 0 Å². The van der Waals surface area contributed by atoms with Crippen LogP contribution in [0, 0.1) is 13.8 Å². The molecule has 4 amide bonds. The minimum Gasteiger partial charge on any atom is -0.508 e. The summed E-state index contributed by atoms with van der Waals surface area (Å²) in [5.41, 5.74) is 2.53. The zero-order valence-electron chi connectivity index (χ0n) is 21.2. The summed E-state index contributed by atoms with van der Waals surface area (Å²) in [6, 6.07) is 9.06. The van der Waals surface area contributed by atoms with Crippen molar-refractivity contribution < 1.29 is 29.4 Å². The Hall–Kier alpha value is -4.08. The summed E-state index contributed by atoms with van der Waals surface area (Å²) in [5.74, 6) is -2.06. The molecule has 9 nitrogen and oxygen atoms in total. The van der Waals surface area contributed by atoms with Gasteiger partial charge in [0, 0.05) is 41.1 Å². The number of piperidine rings is 1. The summed E-state index contributed by atoms with van der Waals surface area (Å²) in [6.07, 6.45) is 3.00. The molecular weight excluding hydrogens is 486 g/mol. The van der Waals surface area contributed by atoms with E-state index in [0.717, 1.165) is 24.2 Å². The van der Waals surface area contributed by atoms with E-state index in [-0.39, 0.29) is 40.7 Å². The number of nitrogens with zero attached hydrogens (tertiary/aromatic N) is 3. The molecule has 3 aliphatic rings. The molecule has 0 bridgehead atoms. The summed E-state index contributed by atoms with van der Waals surface area (Å²) in [4.78, 5) is 56.1. The number of anilines is 1. The minimum atomic E-state index is -0.551. The molecule has 0 aliphatic carbocycles. The number of rotatable bonds is 4. The molecule has 1 fully saturated rings. The predicted octanol–water partition coefficient (Wildman–Crippen LogP) is 3.71. The van der Waals surface area contributed by atoms with Gasteiger partial charge in [0.15, 0.2) is 0 Å². The van der Waals surface area contributed by atoms with Gasteiger partial charge in [-0.05, 0) is 80.6 Å². The topological polar surface area (TPSA) is 118 Å². The molecule has 1 atom stereocenters. The van der Waals surface area contributed by atoms with Crippen molar-refractivity contribution in [2.45, 2.75) is 45.6 Å². The van der Waals surface area contributed by atoms with Crippen LogP contribution in [0.3, 0.4) is 0 Å². The molecular formula is C29H27N3O6. The summed E-state index contributed by atoms with van der Waals surface area (Å²) < 4.78 is 0. The Bertz CT molecular complexity index is 1480. The van der Waals surface area contributed by atoms with Gasteiger partial charge in [0.05, 0.1) is 16.8 Å². The molecule has 3 aromatic carbocycles. The standard InChI is InChI=1S/C29H27N3O6/c1-15-13-18(34)14-16(2)25(15)31-26(35)19-6-8-21-24-22(9-7-20(23(19)24)27(31)36)29(38)32(28(21)37)30-11-4-3-5-17(30)10-12-33/h6-9,13-14,17,33-34H,3-5,10-12H2,1-2H3. The van der Waals surface area contributed by atoms with E-state index in [1.807, 2.05) is 0 Å². The molecule has 3 heterocycles. The number of phenolic OH excluding ortho intramolecular Hbond substituents is 1. The van der Waals surface area contributed by atoms with E-state index in [0.29, 0.717) is 40.6 Å². The number of carbonyl (C=O) groups is 4. The highest BCUT2D eigenvalue weighted by atomic mass is 16.3.